The lowest BCUT2D eigenvalue weighted by Crippen LogP contribution is -2.03. The molecule has 3 rings (SSSR count). The summed E-state index contributed by atoms with van der Waals surface area (Å²) in [7, 11) is 1.36. The van der Waals surface area contributed by atoms with Crippen LogP contribution >= 0.6 is 11.6 Å². The highest BCUT2D eigenvalue weighted by Crippen LogP contribution is 2.33. The molecule has 0 aliphatic carbocycles. The molecule has 25 heavy (non-hydrogen) atoms. The highest BCUT2D eigenvalue weighted by molar-refractivity contribution is 6.30. The Balaban J connectivity index is 1.82. The van der Waals surface area contributed by atoms with Crippen molar-refractivity contribution in [3.63, 3.8) is 0 Å². The Morgan fingerprint density at radius 1 is 1.12 bits per heavy atom. The summed E-state index contributed by atoms with van der Waals surface area (Å²) in [5.74, 6) is 0.732. The van der Waals surface area contributed by atoms with Gasteiger partial charge in [-0.1, -0.05) is 23.7 Å². The maximum atomic E-state index is 12.4. The summed E-state index contributed by atoms with van der Waals surface area (Å²) in [6, 6.07) is 11.7. The summed E-state index contributed by atoms with van der Waals surface area (Å²) < 4.78 is 39.8. The fraction of sp³-hybridized carbons (Fsp3) is 0.176. The minimum absolute atomic E-state index is 0.0695. The second-order valence-electron chi connectivity index (χ2n) is 5.05. The van der Waals surface area contributed by atoms with Gasteiger partial charge in [-0.05, 0) is 35.9 Å². The standard InChI is InChI=1S/C17H13ClF2N2O3/c1-23-14-9-11(5-6-13(14)24-17(19)20)16-22-21-15(25-16)8-10-3-2-4-12(18)7-10/h2-7,9,17H,8H2,1H3. The minimum Gasteiger partial charge on any atom is -0.493 e. The normalized spacial score (nSPS) is 10.9. The van der Waals surface area contributed by atoms with E-state index in [9.17, 15) is 8.78 Å². The lowest BCUT2D eigenvalue weighted by atomic mass is 10.1. The molecule has 0 unspecified atom stereocenters. The summed E-state index contributed by atoms with van der Waals surface area (Å²) in [6.45, 7) is -2.94. The number of hydrogen-bond acceptors (Lipinski definition) is 5. The summed E-state index contributed by atoms with van der Waals surface area (Å²) in [4.78, 5) is 0. The third kappa shape index (κ3) is 4.24. The molecule has 8 heteroatoms. The molecule has 3 aromatic rings. The molecule has 0 radical (unpaired) electrons. The molecule has 1 heterocycles. The van der Waals surface area contributed by atoms with Gasteiger partial charge < -0.3 is 13.9 Å². The van der Waals surface area contributed by atoms with Crippen LogP contribution in [0.5, 0.6) is 11.5 Å². The van der Waals surface area contributed by atoms with Crippen molar-refractivity contribution in [1.82, 2.24) is 10.2 Å². The van der Waals surface area contributed by atoms with Crippen LogP contribution in [0.15, 0.2) is 46.9 Å². The summed E-state index contributed by atoms with van der Waals surface area (Å²) >= 11 is 5.95. The highest BCUT2D eigenvalue weighted by Gasteiger charge is 2.15. The van der Waals surface area contributed by atoms with Crippen molar-refractivity contribution in [2.75, 3.05) is 7.11 Å². The number of halogens is 3. The number of hydrogen-bond donors (Lipinski definition) is 0. The minimum atomic E-state index is -2.94. The van der Waals surface area contributed by atoms with E-state index in [1.165, 1.54) is 25.3 Å². The Morgan fingerprint density at radius 2 is 1.96 bits per heavy atom. The van der Waals surface area contributed by atoms with E-state index in [0.29, 0.717) is 22.9 Å². The lowest BCUT2D eigenvalue weighted by Gasteiger charge is -2.10. The number of alkyl halides is 2. The van der Waals surface area contributed by atoms with Crippen molar-refractivity contribution in [3.8, 4) is 23.0 Å². The van der Waals surface area contributed by atoms with E-state index in [4.69, 9.17) is 20.8 Å². The van der Waals surface area contributed by atoms with Crippen molar-refractivity contribution in [3.05, 3.63) is 58.9 Å². The first-order valence-electron chi connectivity index (χ1n) is 7.25. The van der Waals surface area contributed by atoms with E-state index in [1.807, 2.05) is 18.2 Å². The second kappa shape index (κ2) is 7.48. The first-order chi connectivity index (χ1) is 12.0. The van der Waals surface area contributed by atoms with Crippen molar-refractivity contribution >= 4 is 11.6 Å². The van der Waals surface area contributed by atoms with Crippen molar-refractivity contribution < 1.29 is 22.7 Å². The Morgan fingerprint density at radius 3 is 2.68 bits per heavy atom. The fourth-order valence-electron chi connectivity index (χ4n) is 2.26. The van der Waals surface area contributed by atoms with Crippen LogP contribution in [0.4, 0.5) is 8.78 Å². The van der Waals surface area contributed by atoms with Crippen LogP contribution in [0, 0.1) is 0 Å². The van der Waals surface area contributed by atoms with Gasteiger partial charge in [-0.3, -0.25) is 0 Å². The molecule has 0 N–H and O–H groups in total. The average Bonchev–Trinajstić information content (AvgIpc) is 3.03. The van der Waals surface area contributed by atoms with E-state index in [0.717, 1.165) is 5.56 Å². The van der Waals surface area contributed by atoms with Gasteiger partial charge >= 0.3 is 6.61 Å². The van der Waals surface area contributed by atoms with Gasteiger partial charge in [0.05, 0.1) is 13.5 Å². The molecule has 0 aliphatic heterocycles. The van der Waals surface area contributed by atoms with Crippen LogP contribution < -0.4 is 9.47 Å². The van der Waals surface area contributed by atoms with Gasteiger partial charge in [0.15, 0.2) is 11.5 Å². The first kappa shape index (κ1) is 17.2. The SMILES string of the molecule is COc1cc(-c2nnc(Cc3cccc(Cl)c3)o2)ccc1OC(F)F. The number of nitrogens with zero attached hydrogens (tertiary/aromatic N) is 2. The third-order valence-corrected chi connectivity index (χ3v) is 3.57. The van der Waals surface area contributed by atoms with Crippen LogP contribution in [-0.2, 0) is 6.42 Å². The van der Waals surface area contributed by atoms with Crippen LogP contribution in [-0.4, -0.2) is 23.9 Å². The molecule has 0 aliphatic rings. The van der Waals surface area contributed by atoms with E-state index in [1.54, 1.807) is 6.07 Å². The molecule has 0 atom stereocenters. The topological polar surface area (TPSA) is 57.4 Å². The number of methoxy groups -OCH3 is 1. The molecule has 0 fully saturated rings. The predicted molar refractivity (Wildman–Crippen MR) is 87.2 cm³/mol. The fourth-order valence-corrected chi connectivity index (χ4v) is 2.47. The van der Waals surface area contributed by atoms with Gasteiger partial charge in [-0.25, -0.2) is 0 Å². The van der Waals surface area contributed by atoms with Gasteiger partial charge in [-0.15, -0.1) is 10.2 Å². The molecule has 1 aromatic heterocycles. The Labute approximate surface area is 147 Å². The van der Waals surface area contributed by atoms with Gasteiger partial charge in [0, 0.05) is 10.6 Å². The Kier molecular flexibility index (Phi) is 5.14. The Hall–Kier alpha value is -2.67. The molecule has 0 spiro atoms. The zero-order chi connectivity index (χ0) is 17.8. The second-order valence-corrected chi connectivity index (χ2v) is 5.49. The number of ether oxygens (including phenoxy) is 2. The molecular weight excluding hydrogens is 354 g/mol. The molecule has 130 valence electrons. The molecule has 0 saturated heterocycles. The molecular formula is C17H13ClF2N2O3. The maximum Gasteiger partial charge on any atom is 0.387 e. The summed E-state index contributed by atoms with van der Waals surface area (Å²) in [6.07, 6.45) is 0.428. The van der Waals surface area contributed by atoms with Crippen molar-refractivity contribution in [2.45, 2.75) is 13.0 Å². The van der Waals surface area contributed by atoms with Gasteiger partial charge in [0.1, 0.15) is 0 Å². The molecule has 0 bridgehead atoms. The van der Waals surface area contributed by atoms with Crippen LogP contribution in [0.2, 0.25) is 5.02 Å². The quantitative estimate of drug-likeness (QED) is 0.638. The summed E-state index contributed by atoms with van der Waals surface area (Å²) in [5, 5.41) is 8.59. The number of rotatable bonds is 6. The maximum absolute atomic E-state index is 12.4. The van der Waals surface area contributed by atoms with Gasteiger partial charge in [0.2, 0.25) is 11.8 Å². The van der Waals surface area contributed by atoms with Crippen molar-refractivity contribution in [2.24, 2.45) is 0 Å². The van der Waals surface area contributed by atoms with Gasteiger partial charge in [-0.2, -0.15) is 8.78 Å². The Bertz CT molecular complexity index is 871. The monoisotopic (exact) mass is 366 g/mol. The number of benzene rings is 2. The molecule has 5 nitrogen and oxygen atoms in total. The van der Waals surface area contributed by atoms with E-state index in [2.05, 4.69) is 14.9 Å². The molecule has 2 aromatic carbocycles. The van der Waals surface area contributed by atoms with Crippen LogP contribution in [0.3, 0.4) is 0 Å². The summed E-state index contributed by atoms with van der Waals surface area (Å²) in [5.41, 5.74) is 1.46. The largest absolute Gasteiger partial charge is 0.493 e. The first-order valence-corrected chi connectivity index (χ1v) is 7.63. The van der Waals surface area contributed by atoms with E-state index >= 15 is 0 Å². The number of aromatic nitrogens is 2. The predicted octanol–water partition coefficient (Wildman–Crippen LogP) is 4.59. The van der Waals surface area contributed by atoms with Gasteiger partial charge in [0.25, 0.3) is 0 Å². The smallest absolute Gasteiger partial charge is 0.387 e. The molecule has 0 amide bonds. The zero-order valence-electron chi connectivity index (χ0n) is 13.1. The van der Waals surface area contributed by atoms with E-state index < -0.39 is 6.61 Å². The van der Waals surface area contributed by atoms with Crippen LogP contribution in [0.1, 0.15) is 11.5 Å². The van der Waals surface area contributed by atoms with Crippen molar-refractivity contribution in [1.29, 1.82) is 0 Å². The molecule has 0 saturated carbocycles. The zero-order valence-corrected chi connectivity index (χ0v) is 13.8. The third-order valence-electron chi connectivity index (χ3n) is 3.34. The highest BCUT2D eigenvalue weighted by atomic mass is 35.5. The van der Waals surface area contributed by atoms with Crippen LogP contribution in [0.25, 0.3) is 11.5 Å². The lowest BCUT2D eigenvalue weighted by molar-refractivity contribution is -0.0512. The van der Waals surface area contributed by atoms with E-state index in [-0.39, 0.29) is 17.4 Å². The average molecular weight is 367 g/mol.